The Morgan fingerprint density at radius 2 is 1.93 bits per heavy atom. The number of nitrogens with zero attached hydrogens (tertiary/aromatic N) is 2. The summed E-state index contributed by atoms with van der Waals surface area (Å²) in [7, 11) is -0.589. The summed E-state index contributed by atoms with van der Waals surface area (Å²) in [5.41, 5.74) is 0.447. The summed E-state index contributed by atoms with van der Waals surface area (Å²) in [6, 6.07) is 1.83. The van der Waals surface area contributed by atoms with Crippen LogP contribution >= 0.6 is 11.3 Å². The van der Waals surface area contributed by atoms with Gasteiger partial charge >= 0.3 is 13.3 Å². The van der Waals surface area contributed by atoms with Crippen molar-refractivity contribution in [1.82, 2.24) is 9.88 Å². The lowest BCUT2D eigenvalue weighted by atomic mass is 9.79. The number of likely N-dealkylation sites (tertiary alicyclic amines) is 1. The molecule has 0 radical (unpaired) electrons. The smallest absolute Gasteiger partial charge is 0.399 e. The van der Waals surface area contributed by atoms with Crippen molar-refractivity contribution < 1.29 is 27.3 Å². The molecule has 0 bridgehead atoms. The van der Waals surface area contributed by atoms with E-state index in [1.165, 1.54) is 11.3 Å². The Kier molecular flexibility index (Phi) is 4.75. The summed E-state index contributed by atoms with van der Waals surface area (Å²) < 4.78 is 52.9. The third kappa shape index (κ3) is 3.55. The maximum Gasteiger partial charge on any atom is 0.496 e. The highest BCUT2D eigenvalue weighted by molar-refractivity contribution is 7.20. The molecular weight excluding hydrogens is 404 g/mol. The van der Waals surface area contributed by atoms with Crippen LogP contribution in [-0.4, -0.2) is 46.3 Å². The third-order valence-electron chi connectivity index (χ3n) is 6.03. The van der Waals surface area contributed by atoms with Crippen LogP contribution < -0.4 is 5.46 Å². The number of pyridine rings is 1. The minimum absolute atomic E-state index is 0.0765. The van der Waals surface area contributed by atoms with E-state index in [2.05, 4.69) is 4.98 Å². The number of carbonyl (C=O) groups excluding carboxylic acids is 1. The van der Waals surface area contributed by atoms with Gasteiger partial charge in [-0.15, -0.1) is 11.3 Å². The number of fused-ring (bicyclic) bond motifs is 1. The zero-order valence-electron chi connectivity index (χ0n) is 16.7. The van der Waals surface area contributed by atoms with Crippen molar-refractivity contribution in [2.75, 3.05) is 0 Å². The van der Waals surface area contributed by atoms with E-state index in [0.717, 1.165) is 15.1 Å². The molecule has 0 aromatic carbocycles. The fraction of sp³-hybridized carbons (Fsp3) is 0.579. The van der Waals surface area contributed by atoms with E-state index in [0.29, 0.717) is 10.4 Å². The van der Waals surface area contributed by atoms with E-state index in [-0.39, 0.29) is 19.4 Å². The SMILES string of the molecule is CC1(C)OB(c2ccnc3cc(CN4C(=O)CCC4C(F)(F)F)sc23)OC1(C)C. The van der Waals surface area contributed by atoms with Gasteiger partial charge in [0.1, 0.15) is 6.04 Å². The van der Waals surface area contributed by atoms with Crippen LogP contribution in [0.5, 0.6) is 0 Å². The van der Waals surface area contributed by atoms with Crippen molar-refractivity contribution in [3.8, 4) is 0 Å². The molecular formula is C19H22BF3N2O3S. The van der Waals surface area contributed by atoms with Gasteiger partial charge in [-0.05, 0) is 46.2 Å². The van der Waals surface area contributed by atoms with Crippen molar-refractivity contribution in [3.05, 3.63) is 23.2 Å². The first-order valence-corrected chi connectivity index (χ1v) is 10.3. The quantitative estimate of drug-likeness (QED) is 0.704. The van der Waals surface area contributed by atoms with E-state index >= 15 is 0 Å². The van der Waals surface area contributed by atoms with Crippen molar-refractivity contribution in [2.45, 2.75) is 70.5 Å². The molecule has 2 aromatic rings. The van der Waals surface area contributed by atoms with Crippen LogP contribution in [0.2, 0.25) is 0 Å². The van der Waals surface area contributed by atoms with Gasteiger partial charge in [0.25, 0.3) is 0 Å². The number of aromatic nitrogens is 1. The van der Waals surface area contributed by atoms with Crippen LogP contribution in [0.25, 0.3) is 10.2 Å². The third-order valence-corrected chi connectivity index (χ3v) is 7.19. The summed E-state index contributed by atoms with van der Waals surface area (Å²) >= 11 is 1.33. The molecule has 4 heterocycles. The lowest BCUT2D eigenvalue weighted by molar-refractivity contribution is -0.181. The van der Waals surface area contributed by atoms with Gasteiger partial charge in [-0.2, -0.15) is 13.2 Å². The normalized spacial score (nSPS) is 24.1. The second-order valence-electron chi connectivity index (χ2n) is 8.53. The van der Waals surface area contributed by atoms with E-state index in [1.54, 1.807) is 12.3 Å². The fourth-order valence-electron chi connectivity index (χ4n) is 3.68. The molecule has 2 saturated heterocycles. The molecule has 2 fully saturated rings. The molecule has 5 nitrogen and oxygen atoms in total. The first kappa shape index (κ1) is 20.6. The maximum absolute atomic E-state index is 13.3. The topological polar surface area (TPSA) is 51.7 Å². The summed E-state index contributed by atoms with van der Waals surface area (Å²) in [5, 5.41) is 0. The Morgan fingerprint density at radius 3 is 2.55 bits per heavy atom. The minimum Gasteiger partial charge on any atom is -0.399 e. The van der Waals surface area contributed by atoms with Gasteiger partial charge in [-0.25, -0.2) is 0 Å². The summed E-state index contributed by atoms with van der Waals surface area (Å²) in [5.74, 6) is -0.469. The lowest BCUT2D eigenvalue weighted by Crippen LogP contribution is -2.42. The van der Waals surface area contributed by atoms with Gasteiger partial charge < -0.3 is 14.2 Å². The maximum atomic E-state index is 13.3. The van der Waals surface area contributed by atoms with Gasteiger partial charge in [0.05, 0.1) is 28.0 Å². The number of halogens is 3. The van der Waals surface area contributed by atoms with Crippen molar-refractivity contribution in [2.24, 2.45) is 0 Å². The summed E-state index contributed by atoms with van der Waals surface area (Å²) in [4.78, 5) is 18.0. The molecule has 156 valence electrons. The van der Waals surface area contributed by atoms with Crippen LogP contribution in [0.4, 0.5) is 13.2 Å². The van der Waals surface area contributed by atoms with Crippen molar-refractivity contribution in [3.63, 3.8) is 0 Å². The predicted octanol–water partition coefficient (Wildman–Crippen LogP) is 3.65. The molecule has 1 unspecified atom stereocenters. The molecule has 1 amide bonds. The predicted molar refractivity (Wildman–Crippen MR) is 105 cm³/mol. The van der Waals surface area contributed by atoms with Crippen LogP contribution in [-0.2, 0) is 20.6 Å². The lowest BCUT2D eigenvalue weighted by Gasteiger charge is -2.32. The van der Waals surface area contributed by atoms with Gasteiger partial charge in [0.2, 0.25) is 5.91 Å². The summed E-state index contributed by atoms with van der Waals surface area (Å²) in [6.07, 6.45) is -3.05. The average molecular weight is 426 g/mol. The molecule has 29 heavy (non-hydrogen) atoms. The average Bonchev–Trinajstić information content (AvgIpc) is 3.22. The number of alkyl halides is 3. The van der Waals surface area contributed by atoms with Crippen LogP contribution in [0, 0.1) is 0 Å². The summed E-state index contributed by atoms with van der Waals surface area (Å²) in [6.45, 7) is 7.76. The van der Waals surface area contributed by atoms with Crippen LogP contribution in [0.15, 0.2) is 18.3 Å². The van der Waals surface area contributed by atoms with E-state index in [1.807, 2.05) is 33.8 Å². The zero-order chi connectivity index (χ0) is 21.2. The van der Waals surface area contributed by atoms with Crippen LogP contribution in [0.1, 0.15) is 45.4 Å². The molecule has 0 aliphatic carbocycles. The molecule has 0 saturated carbocycles. The Hall–Kier alpha value is -1.65. The Labute approximate surface area is 171 Å². The Morgan fingerprint density at radius 1 is 1.28 bits per heavy atom. The number of hydrogen-bond acceptors (Lipinski definition) is 5. The fourth-order valence-corrected chi connectivity index (χ4v) is 4.82. The number of amides is 1. The molecule has 2 aliphatic rings. The highest BCUT2D eigenvalue weighted by atomic mass is 32.1. The zero-order valence-corrected chi connectivity index (χ0v) is 17.5. The molecule has 2 aromatic heterocycles. The number of thiophene rings is 1. The molecule has 10 heteroatoms. The van der Waals surface area contributed by atoms with E-state index < -0.39 is 36.4 Å². The highest BCUT2D eigenvalue weighted by Crippen LogP contribution is 2.38. The van der Waals surface area contributed by atoms with E-state index in [4.69, 9.17) is 9.31 Å². The first-order valence-electron chi connectivity index (χ1n) is 9.48. The molecule has 2 aliphatic heterocycles. The highest BCUT2D eigenvalue weighted by Gasteiger charge is 2.52. The molecule has 4 rings (SSSR count). The van der Waals surface area contributed by atoms with Gasteiger partial charge in [0.15, 0.2) is 0 Å². The largest absolute Gasteiger partial charge is 0.496 e. The minimum atomic E-state index is -4.42. The van der Waals surface area contributed by atoms with E-state index in [9.17, 15) is 18.0 Å². The van der Waals surface area contributed by atoms with Crippen molar-refractivity contribution in [1.29, 1.82) is 0 Å². The number of hydrogen-bond donors (Lipinski definition) is 0. The van der Waals surface area contributed by atoms with Crippen molar-refractivity contribution >= 4 is 40.0 Å². The standard InChI is InChI=1S/C19H22BF3N2O3S/c1-17(2)18(3,4)28-20(27-17)12-7-8-24-13-9-11(29-16(12)13)10-25-14(19(21,22)23)5-6-15(25)26/h7-9,14H,5-6,10H2,1-4H3. The monoisotopic (exact) mass is 426 g/mol. The Balaban J connectivity index is 1.64. The van der Waals surface area contributed by atoms with Gasteiger partial charge in [-0.1, -0.05) is 0 Å². The number of carbonyl (C=O) groups is 1. The van der Waals surface area contributed by atoms with Gasteiger partial charge in [-0.3, -0.25) is 9.78 Å². The second kappa shape index (κ2) is 6.68. The van der Waals surface area contributed by atoms with Crippen LogP contribution in [0.3, 0.4) is 0 Å². The Bertz CT molecular complexity index is 944. The molecule has 0 N–H and O–H groups in total. The van der Waals surface area contributed by atoms with Gasteiger partial charge in [0, 0.05) is 23.0 Å². The first-order chi connectivity index (χ1) is 13.4. The molecule has 0 spiro atoms. The molecule has 1 atom stereocenters. The second-order valence-corrected chi connectivity index (χ2v) is 9.67. The number of rotatable bonds is 3.